The molecule has 1 aliphatic carbocycles. The first-order valence-corrected chi connectivity index (χ1v) is 9.75. The second kappa shape index (κ2) is 7.06. The number of pyridine rings is 1. The molecular weight excluding hydrogens is 360 g/mol. The highest BCUT2D eigenvalue weighted by Gasteiger charge is 2.24. The zero-order valence-electron chi connectivity index (χ0n) is 15.8. The second-order valence-corrected chi connectivity index (χ2v) is 7.35. The highest BCUT2D eigenvalue weighted by atomic mass is 16.4. The number of carboxylic acid groups (broad SMARTS) is 1. The van der Waals surface area contributed by atoms with Crippen LogP contribution < -0.4 is 5.32 Å². The van der Waals surface area contributed by atoms with Gasteiger partial charge in [-0.2, -0.15) is 0 Å². The molecule has 4 nitrogen and oxygen atoms in total. The van der Waals surface area contributed by atoms with Crippen LogP contribution in [0.1, 0.15) is 17.5 Å². The molecule has 0 aliphatic heterocycles. The Bertz CT molecular complexity index is 1220. The summed E-state index contributed by atoms with van der Waals surface area (Å²) in [5.74, 6) is -0.861. The van der Waals surface area contributed by atoms with E-state index in [-0.39, 0.29) is 0 Å². The molecule has 1 aliphatic rings. The molecule has 0 fully saturated rings. The second-order valence-electron chi connectivity index (χ2n) is 7.35. The van der Waals surface area contributed by atoms with Gasteiger partial charge < -0.3 is 10.4 Å². The number of carboxylic acids is 1. The van der Waals surface area contributed by atoms with E-state index >= 15 is 0 Å². The lowest BCUT2D eigenvalue weighted by atomic mass is 9.99. The molecule has 142 valence electrons. The van der Waals surface area contributed by atoms with Crippen molar-refractivity contribution in [2.45, 2.75) is 18.9 Å². The first-order chi connectivity index (χ1) is 14.2. The average molecular weight is 380 g/mol. The van der Waals surface area contributed by atoms with E-state index in [1.54, 1.807) is 0 Å². The largest absolute Gasteiger partial charge is 0.480 e. The molecule has 0 amide bonds. The number of rotatable bonds is 5. The van der Waals surface area contributed by atoms with E-state index in [0.717, 1.165) is 45.1 Å². The summed E-state index contributed by atoms with van der Waals surface area (Å²) < 4.78 is 0. The summed E-state index contributed by atoms with van der Waals surface area (Å²) in [7, 11) is 0. The summed E-state index contributed by atoms with van der Waals surface area (Å²) >= 11 is 0. The molecule has 0 saturated carbocycles. The number of allylic oxidation sites excluding steroid dienone is 1. The minimum absolute atomic E-state index is 0.428. The number of aliphatic carboxylic acids is 1. The molecule has 3 aromatic carbocycles. The van der Waals surface area contributed by atoms with Crippen molar-refractivity contribution in [3.8, 4) is 0 Å². The van der Waals surface area contributed by atoms with Gasteiger partial charge in [0.25, 0.3) is 0 Å². The van der Waals surface area contributed by atoms with Gasteiger partial charge in [0.1, 0.15) is 6.04 Å². The van der Waals surface area contributed by atoms with Crippen LogP contribution in [0.3, 0.4) is 0 Å². The van der Waals surface area contributed by atoms with Gasteiger partial charge in [-0.25, -0.2) is 9.78 Å². The number of hydrogen-bond acceptors (Lipinski definition) is 3. The highest BCUT2D eigenvalue weighted by molar-refractivity contribution is 6.08. The molecule has 1 heterocycles. The van der Waals surface area contributed by atoms with E-state index in [1.807, 2.05) is 60.7 Å². The Morgan fingerprint density at radius 3 is 2.24 bits per heavy atom. The molecule has 0 bridgehead atoms. The number of anilines is 1. The van der Waals surface area contributed by atoms with Gasteiger partial charge in [-0.05, 0) is 35.3 Å². The molecule has 29 heavy (non-hydrogen) atoms. The molecular formula is C25H20N2O2. The summed E-state index contributed by atoms with van der Waals surface area (Å²) in [5.41, 5.74) is 6.02. The maximum Gasteiger partial charge on any atom is 0.326 e. The van der Waals surface area contributed by atoms with Gasteiger partial charge in [-0.15, -0.1) is 0 Å². The van der Waals surface area contributed by atoms with Gasteiger partial charge in [0.2, 0.25) is 0 Å². The van der Waals surface area contributed by atoms with E-state index < -0.39 is 12.0 Å². The van der Waals surface area contributed by atoms with E-state index in [1.165, 1.54) is 5.56 Å². The molecule has 1 atom stereocenters. The third-order valence-corrected chi connectivity index (χ3v) is 5.56. The van der Waals surface area contributed by atoms with Crippen LogP contribution in [0.5, 0.6) is 0 Å². The Kier molecular flexibility index (Phi) is 4.24. The summed E-state index contributed by atoms with van der Waals surface area (Å²) in [6, 6.07) is 23.2. The predicted octanol–water partition coefficient (Wildman–Crippen LogP) is 5.28. The van der Waals surface area contributed by atoms with Gasteiger partial charge in [0.15, 0.2) is 0 Å². The maximum absolute atomic E-state index is 12.2. The Labute approximate surface area is 168 Å². The van der Waals surface area contributed by atoms with Crippen LogP contribution >= 0.6 is 0 Å². The van der Waals surface area contributed by atoms with Crippen LogP contribution in [-0.4, -0.2) is 22.1 Å². The quantitative estimate of drug-likeness (QED) is 0.462. The van der Waals surface area contributed by atoms with Crippen molar-refractivity contribution in [3.63, 3.8) is 0 Å². The topological polar surface area (TPSA) is 62.2 Å². The molecule has 4 aromatic rings. The maximum atomic E-state index is 12.2. The predicted molar refractivity (Wildman–Crippen MR) is 117 cm³/mol. The van der Waals surface area contributed by atoms with E-state index in [4.69, 9.17) is 4.98 Å². The van der Waals surface area contributed by atoms with E-state index in [9.17, 15) is 9.90 Å². The minimum Gasteiger partial charge on any atom is -0.480 e. The summed E-state index contributed by atoms with van der Waals surface area (Å²) in [6.07, 6.45) is 3.43. The highest BCUT2D eigenvalue weighted by Crippen LogP contribution is 2.34. The average Bonchev–Trinajstić information content (AvgIpc) is 3.15. The van der Waals surface area contributed by atoms with Crippen LogP contribution in [0.15, 0.2) is 78.9 Å². The number of aromatic nitrogens is 1. The van der Waals surface area contributed by atoms with Crippen LogP contribution in [0.2, 0.25) is 0 Å². The minimum atomic E-state index is -0.861. The van der Waals surface area contributed by atoms with Crippen LogP contribution in [0.25, 0.3) is 27.4 Å². The molecule has 4 heteroatoms. The fourth-order valence-corrected chi connectivity index (χ4v) is 4.14. The molecule has 0 unspecified atom stereocenters. The monoisotopic (exact) mass is 380 g/mol. The molecule has 5 rings (SSSR count). The van der Waals surface area contributed by atoms with Gasteiger partial charge in [0, 0.05) is 17.2 Å². The zero-order valence-corrected chi connectivity index (χ0v) is 15.8. The van der Waals surface area contributed by atoms with Gasteiger partial charge in [0.05, 0.1) is 16.7 Å². The van der Waals surface area contributed by atoms with Crippen LogP contribution in [0, 0.1) is 0 Å². The number of nitrogens with zero attached hydrogens (tertiary/aromatic N) is 1. The lowest BCUT2D eigenvalue weighted by Gasteiger charge is -2.20. The molecule has 0 spiro atoms. The SMILES string of the molecule is O=C(O)[C@H](CC1=CCc2ccccc21)Nc1c2ccccc2nc2ccccc12. The number of benzene rings is 3. The standard InChI is InChI=1S/C25H20N2O2/c28-25(29)23(15-17-14-13-16-7-1-2-8-18(16)17)27-24-19-9-3-5-11-21(19)26-22-12-6-4-10-20(22)24/h1-12,14,23H,13,15H2,(H,26,27)(H,28,29)/t23-/m0/s1. The summed E-state index contributed by atoms with van der Waals surface area (Å²) in [5, 5.41) is 15.2. The van der Waals surface area contributed by atoms with Gasteiger partial charge in [-0.3, -0.25) is 0 Å². The fraction of sp³-hybridized carbons (Fsp3) is 0.120. The number of nitrogens with one attached hydrogen (secondary N) is 1. The van der Waals surface area contributed by atoms with Crippen molar-refractivity contribution in [2.24, 2.45) is 0 Å². The van der Waals surface area contributed by atoms with Crippen molar-refractivity contribution in [2.75, 3.05) is 5.32 Å². The van der Waals surface area contributed by atoms with Crippen molar-refractivity contribution in [1.29, 1.82) is 0 Å². The van der Waals surface area contributed by atoms with E-state index in [2.05, 4.69) is 23.5 Å². The molecule has 0 radical (unpaired) electrons. The van der Waals surface area contributed by atoms with Gasteiger partial charge >= 0.3 is 5.97 Å². The molecule has 0 saturated heterocycles. The van der Waals surface area contributed by atoms with Crippen LogP contribution in [-0.2, 0) is 11.2 Å². The Morgan fingerprint density at radius 2 is 1.55 bits per heavy atom. The molecule has 2 N–H and O–H groups in total. The summed E-state index contributed by atoms with van der Waals surface area (Å²) in [4.78, 5) is 16.9. The first kappa shape index (κ1) is 17.4. The van der Waals surface area contributed by atoms with Crippen molar-refractivity contribution in [1.82, 2.24) is 4.98 Å². The number of carbonyl (C=O) groups is 1. The summed E-state index contributed by atoms with van der Waals surface area (Å²) in [6.45, 7) is 0. The van der Waals surface area contributed by atoms with E-state index in [0.29, 0.717) is 6.42 Å². The van der Waals surface area contributed by atoms with Gasteiger partial charge in [-0.1, -0.05) is 66.7 Å². The fourth-order valence-electron chi connectivity index (χ4n) is 4.14. The third kappa shape index (κ3) is 3.13. The number of hydrogen-bond donors (Lipinski definition) is 2. The smallest absolute Gasteiger partial charge is 0.326 e. The van der Waals surface area contributed by atoms with Crippen molar-refractivity contribution < 1.29 is 9.90 Å². The normalized spacial score (nSPS) is 13.9. The van der Waals surface area contributed by atoms with Crippen LogP contribution in [0.4, 0.5) is 5.69 Å². The Balaban J connectivity index is 1.56. The van der Waals surface area contributed by atoms with Crippen molar-refractivity contribution >= 4 is 39.0 Å². The zero-order chi connectivity index (χ0) is 19.8. The third-order valence-electron chi connectivity index (χ3n) is 5.56. The first-order valence-electron chi connectivity index (χ1n) is 9.75. The number of para-hydroxylation sites is 2. The lowest BCUT2D eigenvalue weighted by molar-refractivity contribution is -0.137. The lowest BCUT2D eigenvalue weighted by Crippen LogP contribution is -2.29. The number of fused-ring (bicyclic) bond motifs is 3. The molecule has 1 aromatic heterocycles. The Hall–Kier alpha value is -3.66. The Morgan fingerprint density at radius 1 is 0.931 bits per heavy atom. The van der Waals surface area contributed by atoms with Crippen molar-refractivity contribution in [3.05, 3.63) is 90.0 Å².